The summed E-state index contributed by atoms with van der Waals surface area (Å²) < 4.78 is 5.47. The summed E-state index contributed by atoms with van der Waals surface area (Å²) in [7, 11) is 0. The summed E-state index contributed by atoms with van der Waals surface area (Å²) in [4.78, 5) is 0. The highest BCUT2D eigenvalue weighted by Gasteiger charge is 1.99. The van der Waals surface area contributed by atoms with E-state index in [1.807, 2.05) is 6.20 Å². The Morgan fingerprint density at radius 1 is 0.923 bits per heavy atom. The first kappa shape index (κ1) is 7.04. The lowest BCUT2D eigenvalue weighted by Crippen LogP contribution is -1.71. The van der Waals surface area contributed by atoms with Crippen LogP contribution in [-0.2, 0) is 0 Å². The molecule has 0 bridgehead atoms. The van der Waals surface area contributed by atoms with Crippen molar-refractivity contribution in [2.24, 2.45) is 0 Å². The van der Waals surface area contributed by atoms with Crippen LogP contribution in [0.3, 0.4) is 0 Å². The number of fused-ring (bicyclic) bond motifs is 3. The highest BCUT2D eigenvalue weighted by molar-refractivity contribution is 7.13. The first-order valence-electron chi connectivity index (χ1n) is 4.17. The van der Waals surface area contributed by atoms with E-state index in [0.29, 0.717) is 0 Å². The monoisotopic (exact) mass is 185 g/mol. The molecule has 0 fully saturated rings. The maximum atomic E-state index is 4.18. The van der Waals surface area contributed by atoms with Crippen LogP contribution in [0, 0.1) is 0 Å². The van der Waals surface area contributed by atoms with Crippen molar-refractivity contribution in [2.75, 3.05) is 0 Å². The Morgan fingerprint density at radius 2 is 1.85 bits per heavy atom. The van der Waals surface area contributed by atoms with Crippen molar-refractivity contribution in [2.45, 2.75) is 0 Å². The smallest absolute Gasteiger partial charge is 0.0613 e. The summed E-state index contributed by atoms with van der Waals surface area (Å²) in [6.07, 6.45) is 1.85. The van der Waals surface area contributed by atoms with Gasteiger partial charge >= 0.3 is 0 Å². The normalized spacial score (nSPS) is 11.1. The Morgan fingerprint density at radius 3 is 2.85 bits per heavy atom. The van der Waals surface area contributed by atoms with Gasteiger partial charge in [0.05, 0.1) is 4.70 Å². The summed E-state index contributed by atoms with van der Waals surface area (Å²) in [5.41, 5.74) is 0. The molecule has 13 heavy (non-hydrogen) atoms. The molecule has 0 spiro atoms. The van der Waals surface area contributed by atoms with E-state index in [4.69, 9.17) is 0 Å². The molecule has 0 atom stereocenters. The predicted octanol–water partition coefficient (Wildman–Crippen LogP) is 3.45. The third-order valence-electron chi connectivity index (χ3n) is 2.26. The van der Waals surface area contributed by atoms with E-state index in [2.05, 4.69) is 40.8 Å². The van der Waals surface area contributed by atoms with Gasteiger partial charge in [-0.05, 0) is 28.4 Å². The van der Waals surface area contributed by atoms with Crippen LogP contribution in [0.1, 0.15) is 0 Å². The Hall–Kier alpha value is -1.41. The molecule has 0 aliphatic heterocycles. The lowest BCUT2D eigenvalue weighted by Gasteiger charge is -1.96. The summed E-state index contributed by atoms with van der Waals surface area (Å²) in [6, 6.07) is 12.7. The standard InChI is InChI=1S/C11H7NS/c1-2-8-4-5-9-6-7-12-13-11(9)10(8)3-1/h1-7H. The largest absolute Gasteiger partial charge is 0.201 e. The second kappa shape index (κ2) is 2.54. The quantitative estimate of drug-likeness (QED) is 0.522. The summed E-state index contributed by atoms with van der Waals surface area (Å²) in [5, 5.41) is 3.89. The van der Waals surface area contributed by atoms with Gasteiger partial charge in [-0.2, -0.15) is 0 Å². The molecule has 0 radical (unpaired) electrons. The molecule has 1 aromatic heterocycles. The van der Waals surface area contributed by atoms with Crippen molar-refractivity contribution < 1.29 is 0 Å². The van der Waals surface area contributed by atoms with Crippen LogP contribution in [0.5, 0.6) is 0 Å². The topological polar surface area (TPSA) is 12.9 Å². The van der Waals surface area contributed by atoms with Crippen molar-refractivity contribution >= 4 is 32.4 Å². The van der Waals surface area contributed by atoms with E-state index >= 15 is 0 Å². The van der Waals surface area contributed by atoms with Crippen LogP contribution in [-0.4, -0.2) is 4.37 Å². The van der Waals surface area contributed by atoms with Crippen molar-refractivity contribution in [3.63, 3.8) is 0 Å². The van der Waals surface area contributed by atoms with Crippen LogP contribution in [0.15, 0.2) is 42.6 Å². The Bertz CT molecular complexity index is 568. The van der Waals surface area contributed by atoms with Gasteiger partial charge in [-0.25, -0.2) is 4.37 Å². The second-order valence-electron chi connectivity index (χ2n) is 3.03. The molecule has 2 heteroatoms. The van der Waals surface area contributed by atoms with E-state index in [0.717, 1.165) is 0 Å². The number of hydrogen-bond acceptors (Lipinski definition) is 2. The van der Waals surface area contributed by atoms with Gasteiger partial charge in [0.2, 0.25) is 0 Å². The maximum absolute atomic E-state index is 4.18. The van der Waals surface area contributed by atoms with Gasteiger partial charge in [-0.1, -0.05) is 30.3 Å². The lowest BCUT2D eigenvalue weighted by atomic mass is 10.2. The van der Waals surface area contributed by atoms with Gasteiger partial charge in [0, 0.05) is 11.6 Å². The molecule has 2 aromatic carbocycles. The van der Waals surface area contributed by atoms with Crippen molar-refractivity contribution in [3.8, 4) is 0 Å². The molecule has 3 aromatic rings. The molecule has 0 saturated carbocycles. The summed E-state index contributed by atoms with van der Waals surface area (Å²) in [5.74, 6) is 0. The molecular formula is C11H7NS. The minimum absolute atomic E-state index is 1.28. The zero-order chi connectivity index (χ0) is 8.67. The summed E-state index contributed by atoms with van der Waals surface area (Å²) >= 11 is 1.56. The molecule has 0 saturated heterocycles. The molecule has 0 N–H and O–H groups in total. The van der Waals surface area contributed by atoms with Gasteiger partial charge in [-0.15, -0.1) is 0 Å². The van der Waals surface area contributed by atoms with E-state index in [9.17, 15) is 0 Å². The molecule has 62 valence electrons. The van der Waals surface area contributed by atoms with Crippen LogP contribution in [0.4, 0.5) is 0 Å². The Balaban J connectivity index is 2.65. The third kappa shape index (κ3) is 0.956. The SMILES string of the molecule is c1cc2ccc3ccnsc3c2c1. The van der Waals surface area contributed by atoms with Gasteiger partial charge in [-0.3, -0.25) is 0 Å². The molecule has 0 aliphatic rings. The van der Waals surface area contributed by atoms with Crippen molar-refractivity contribution in [1.82, 2.24) is 4.37 Å². The minimum Gasteiger partial charge on any atom is -0.201 e. The molecule has 0 amide bonds. The van der Waals surface area contributed by atoms with Gasteiger partial charge in [0.1, 0.15) is 0 Å². The third-order valence-corrected chi connectivity index (χ3v) is 3.12. The summed E-state index contributed by atoms with van der Waals surface area (Å²) in [6.45, 7) is 0. The van der Waals surface area contributed by atoms with Gasteiger partial charge in [0.15, 0.2) is 0 Å². The number of hydrogen-bond donors (Lipinski definition) is 0. The first-order valence-corrected chi connectivity index (χ1v) is 4.95. The fourth-order valence-electron chi connectivity index (χ4n) is 1.62. The van der Waals surface area contributed by atoms with Crippen LogP contribution < -0.4 is 0 Å². The fraction of sp³-hybridized carbons (Fsp3) is 0. The molecule has 0 aliphatic carbocycles. The minimum atomic E-state index is 1.28. The Kier molecular flexibility index (Phi) is 1.37. The zero-order valence-electron chi connectivity index (χ0n) is 6.90. The highest BCUT2D eigenvalue weighted by atomic mass is 32.1. The average Bonchev–Trinajstić information content (AvgIpc) is 2.65. The molecule has 0 unspecified atom stereocenters. The Labute approximate surface area is 79.8 Å². The predicted molar refractivity (Wildman–Crippen MR) is 57.1 cm³/mol. The molecule has 1 nitrogen and oxygen atoms in total. The van der Waals surface area contributed by atoms with E-state index in [-0.39, 0.29) is 0 Å². The number of nitrogens with zero attached hydrogens (tertiary/aromatic N) is 1. The van der Waals surface area contributed by atoms with Crippen molar-refractivity contribution in [3.05, 3.63) is 42.6 Å². The number of rotatable bonds is 0. The number of aromatic nitrogens is 1. The molecular weight excluding hydrogens is 178 g/mol. The molecule has 1 heterocycles. The molecule has 3 rings (SSSR count). The zero-order valence-corrected chi connectivity index (χ0v) is 7.71. The highest BCUT2D eigenvalue weighted by Crippen LogP contribution is 2.27. The van der Waals surface area contributed by atoms with E-state index in [1.54, 1.807) is 11.5 Å². The fourth-order valence-corrected chi connectivity index (χ4v) is 2.38. The van der Waals surface area contributed by atoms with Crippen LogP contribution in [0.25, 0.3) is 20.9 Å². The first-order chi connectivity index (χ1) is 6.45. The number of benzene rings is 1. The van der Waals surface area contributed by atoms with Crippen LogP contribution in [0.2, 0.25) is 0 Å². The van der Waals surface area contributed by atoms with Crippen molar-refractivity contribution in [1.29, 1.82) is 0 Å². The second-order valence-corrected chi connectivity index (χ2v) is 3.83. The van der Waals surface area contributed by atoms with Gasteiger partial charge in [0.25, 0.3) is 0 Å². The maximum Gasteiger partial charge on any atom is 0.0613 e. The van der Waals surface area contributed by atoms with Gasteiger partial charge < -0.3 is 0 Å². The average molecular weight is 185 g/mol. The lowest BCUT2D eigenvalue weighted by molar-refractivity contribution is 1.55. The van der Waals surface area contributed by atoms with E-state index < -0.39 is 0 Å². The van der Waals surface area contributed by atoms with Crippen LogP contribution >= 0.6 is 11.5 Å². The van der Waals surface area contributed by atoms with E-state index in [1.165, 1.54) is 20.9 Å².